The maximum atomic E-state index is 12.1. The Kier molecular flexibility index (Phi) is 5.00. The van der Waals surface area contributed by atoms with Crippen molar-refractivity contribution >= 4 is 24.0 Å². The van der Waals surface area contributed by atoms with Crippen LogP contribution in [0.3, 0.4) is 0 Å². The van der Waals surface area contributed by atoms with E-state index in [0.29, 0.717) is 0 Å². The van der Waals surface area contributed by atoms with Crippen LogP contribution in [0.4, 0.5) is 4.79 Å². The van der Waals surface area contributed by atoms with E-state index in [9.17, 15) is 14.4 Å². The smallest absolute Gasteiger partial charge is 0.329 e. The lowest BCUT2D eigenvalue weighted by molar-refractivity contribution is -0.143. The molecule has 7 nitrogen and oxygen atoms in total. The van der Waals surface area contributed by atoms with Crippen LogP contribution in [0.15, 0.2) is 30.0 Å². The molecule has 1 saturated heterocycles. The van der Waals surface area contributed by atoms with Crippen molar-refractivity contribution in [2.24, 2.45) is 0 Å². The van der Waals surface area contributed by atoms with Gasteiger partial charge in [-0.2, -0.15) is 0 Å². The molecule has 0 aliphatic carbocycles. The molecule has 1 aromatic rings. The molecule has 0 bridgehead atoms. The Balaban J connectivity index is 2.12. The number of nitrogens with zero attached hydrogens (tertiary/aromatic N) is 1. The molecule has 1 heterocycles. The van der Waals surface area contributed by atoms with E-state index in [-0.39, 0.29) is 11.8 Å². The Bertz CT molecular complexity index is 649. The van der Waals surface area contributed by atoms with Gasteiger partial charge in [-0.1, -0.05) is 12.1 Å². The molecule has 2 rings (SSSR count). The standard InChI is InChI=1S/C16H18N2O5/c1-10(2)23-12-6-4-11(5-7-12)8-13-15(20)18(16(21)17-13)9-14(19)22-3/h4-8,10H,9H2,1-3H3,(H,17,21)/b13-8+. The molecule has 0 atom stereocenters. The van der Waals surface area contributed by atoms with E-state index in [1.165, 1.54) is 13.2 Å². The van der Waals surface area contributed by atoms with Gasteiger partial charge in [0.05, 0.1) is 13.2 Å². The molecule has 1 fully saturated rings. The van der Waals surface area contributed by atoms with Gasteiger partial charge in [0.25, 0.3) is 5.91 Å². The number of ether oxygens (including phenoxy) is 2. The Hall–Kier alpha value is -2.83. The number of nitrogens with one attached hydrogen (secondary N) is 1. The monoisotopic (exact) mass is 318 g/mol. The van der Waals surface area contributed by atoms with Gasteiger partial charge in [0, 0.05) is 0 Å². The summed E-state index contributed by atoms with van der Waals surface area (Å²) in [5.74, 6) is -0.510. The molecular formula is C16H18N2O5. The Morgan fingerprint density at radius 3 is 2.48 bits per heavy atom. The quantitative estimate of drug-likeness (QED) is 0.506. The number of carbonyl (C=O) groups is 3. The molecule has 1 aliphatic rings. The van der Waals surface area contributed by atoms with Crippen molar-refractivity contribution in [3.63, 3.8) is 0 Å². The number of hydrogen-bond acceptors (Lipinski definition) is 5. The van der Waals surface area contributed by atoms with Crippen molar-refractivity contribution in [3.05, 3.63) is 35.5 Å². The largest absolute Gasteiger partial charge is 0.491 e. The SMILES string of the molecule is COC(=O)CN1C(=O)N/C(=C/c2ccc(OC(C)C)cc2)C1=O. The number of rotatable bonds is 5. The van der Waals surface area contributed by atoms with Crippen LogP contribution in [0.2, 0.25) is 0 Å². The maximum absolute atomic E-state index is 12.1. The molecule has 0 aromatic heterocycles. The lowest BCUT2D eigenvalue weighted by Gasteiger charge is -2.09. The summed E-state index contributed by atoms with van der Waals surface area (Å²) in [6.45, 7) is 3.44. The van der Waals surface area contributed by atoms with Crippen molar-refractivity contribution in [1.29, 1.82) is 0 Å². The number of benzene rings is 1. The number of urea groups is 1. The first kappa shape index (κ1) is 16.5. The van der Waals surface area contributed by atoms with Gasteiger partial charge in [-0.05, 0) is 37.6 Å². The summed E-state index contributed by atoms with van der Waals surface area (Å²) in [6, 6.07) is 6.45. The van der Waals surface area contributed by atoms with Crippen LogP contribution < -0.4 is 10.1 Å². The van der Waals surface area contributed by atoms with Crippen molar-refractivity contribution in [3.8, 4) is 5.75 Å². The highest BCUT2D eigenvalue weighted by atomic mass is 16.5. The predicted octanol–water partition coefficient (Wildman–Crippen LogP) is 1.54. The van der Waals surface area contributed by atoms with E-state index in [4.69, 9.17) is 4.74 Å². The van der Waals surface area contributed by atoms with E-state index in [0.717, 1.165) is 16.2 Å². The topological polar surface area (TPSA) is 84.9 Å². The van der Waals surface area contributed by atoms with Crippen molar-refractivity contribution < 1.29 is 23.9 Å². The lowest BCUT2D eigenvalue weighted by Crippen LogP contribution is -2.36. The van der Waals surface area contributed by atoms with E-state index in [1.54, 1.807) is 24.3 Å². The minimum atomic E-state index is -0.662. The summed E-state index contributed by atoms with van der Waals surface area (Å²) in [4.78, 5) is 35.9. The molecule has 1 N–H and O–H groups in total. The van der Waals surface area contributed by atoms with Gasteiger partial charge in [0.1, 0.15) is 18.0 Å². The predicted molar refractivity (Wildman–Crippen MR) is 82.4 cm³/mol. The Morgan fingerprint density at radius 2 is 1.91 bits per heavy atom. The number of imide groups is 1. The van der Waals surface area contributed by atoms with Crippen molar-refractivity contribution in [2.75, 3.05) is 13.7 Å². The number of hydrogen-bond donors (Lipinski definition) is 1. The third-order valence-electron chi connectivity index (χ3n) is 3.04. The van der Waals surface area contributed by atoms with Gasteiger partial charge >= 0.3 is 12.0 Å². The van der Waals surface area contributed by atoms with Crippen LogP contribution in [0.25, 0.3) is 6.08 Å². The second kappa shape index (κ2) is 6.95. The lowest BCUT2D eigenvalue weighted by atomic mass is 10.2. The number of carbonyl (C=O) groups excluding carboxylic acids is 3. The third-order valence-corrected chi connectivity index (χ3v) is 3.04. The molecule has 7 heteroatoms. The van der Waals surface area contributed by atoms with Gasteiger partial charge in [0.15, 0.2) is 0 Å². The first-order valence-corrected chi connectivity index (χ1v) is 7.08. The molecule has 0 saturated carbocycles. The zero-order valence-corrected chi connectivity index (χ0v) is 13.2. The molecule has 1 aliphatic heterocycles. The summed E-state index contributed by atoms with van der Waals surface area (Å²) in [5, 5.41) is 2.44. The summed E-state index contributed by atoms with van der Waals surface area (Å²) >= 11 is 0. The molecule has 3 amide bonds. The van der Waals surface area contributed by atoms with Crippen LogP contribution in [-0.4, -0.2) is 42.6 Å². The first-order chi connectivity index (χ1) is 10.9. The first-order valence-electron chi connectivity index (χ1n) is 7.08. The fourth-order valence-corrected chi connectivity index (χ4v) is 1.99. The molecule has 1 aromatic carbocycles. The summed E-state index contributed by atoms with van der Waals surface area (Å²) in [6.07, 6.45) is 1.61. The van der Waals surface area contributed by atoms with Gasteiger partial charge < -0.3 is 14.8 Å². The number of amides is 3. The Labute approximate surface area is 133 Å². The summed E-state index contributed by atoms with van der Waals surface area (Å²) < 4.78 is 9.99. The third kappa shape index (κ3) is 4.09. The zero-order valence-electron chi connectivity index (χ0n) is 13.2. The van der Waals surface area contributed by atoms with Crippen LogP contribution >= 0.6 is 0 Å². The van der Waals surface area contributed by atoms with E-state index >= 15 is 0 Å². The summed E-state index contributed by atoms with van der Waals surface area (Å²) in [7, 11) is 1.19. The van der Waals surface area contributed by atoms with Gasteiger partial charge in [0.2, 0.25) is 0 Å². The summed E-state index contributed by atoms with van der Waals surface area (Å²) in [5.41, 5.74) is 0.834. The van der Waals surface area contributed by atoms with Crippen molar-refractivity contribution in [1.82, 2.24) is 10.2 Å². The van der Waals surface area contributed by atoms with Crippen LogP contribution in [0.1, 0.15) is 19.4 Å². The van der Waals surface area contributed by atoms with Crippen molar-refractivity contribution in [2.45, 2.75) is 20.0 Å². The molecule has 0 spiro atoms. The molecule has 0 radical (unpaired) electrons. The van der Waals surface area contributed by atoms with Crippen LogP contribution in [0.5, 0.6) is 5.75 Å². The van der Waals surface area contributed by atoms with E-state index in [2.05, 4.69) is 10.1 Å². The average molecular weight is 318 g/mol. The second-order valence-electron chi connectivity index (χ2n) is 5.19. The fraction of sp³-hybridized carbons (Fsp3) is 0.312. The highest BCUT2D eigenvalue weighted by molar-refractivity contribution is 6.15. The minimum absolute atomic E-state index is 0.0711. The molecular weight excluding hydrogens is 300 g/mol. The zero-order chi connectivity index (χ0) is 17.0. The molecule has 122 valence electrons. The van der Waals surface area contributed by atoms with Gasteiger partial charge in [-0.15, -0.1) is 0 Å². The van der Waals surface area contributed by atoms with Crippen LogP contribution in [0, 0.1) is 0 Å². The molecule has 23 heavy (non-hydrogen) atoms. The van der Waals surface area contributed by atoms with Gasteiger partial charge in [-0.25, -0.2) is 9.69 Å². The highest BCUT2D eigenvalue weighted by Gasteiger charge is 2.35. The number of esters is 1. The average Bonchev–Trinajstić information content (AvgIpc) is 2.76. The second-order valence-corrected chi connectivity index (χ2v) is 5.19. The van der Waals surface area contributed by atoms with E-state index in [1.807, 2.05) is 13.8 Å². The highest BCUT2D eigenvalue weighted by Crippen LogP contribution is 2.18. The van der Waals surface area contributed by atoms with E-state index < -0.39 is 24.5 Å². The maximum Gasteiger partial charge on any atom is 0.329 e. The normalized spacial score (nSPS) is 16.0. The Morgan fingerprint density at radius 1 is 1.26 bits per heavy atom. The number of methoxy groups -OCH3 is 1. The minimum Gasteiger partial charge on any atom is -0.491 e. The van der Waals surface area contributed by atoms with Crippen LogP contribution in [-0.2, 0) is 14.3 Å². The molecule has 0 unspecified atom stereocenters. The fourth-order valence-electron chi connectivity index (χ4n) is 1.99. The van der Waals surface area contributed by atoms with Gasteiger partial charge in [-0.3, -0.25) is 9.59 Å².